The van der Waals surface area contributed by atoms with Crippen LogP contribution in [-0.2, 0) is 0 Å². The summed E-state index contributed by atoms with van der Waals surface area (Å²) in [7, 11) is 4.74. The molecule has 0 spiro atoms. The molecule has 0 radical (unpaired) electrons. The molecule has 154 valence electrons. The van der Waals surface area contributed by atoms with E-state index in [0.29, 0.717) is 29.0 Å². The van der Waals surface area contributed by atoms with Gasteiger partial charge in [-0.3, -0.25) is 0 Å². The number of benzene rings is 1. The lowest BCUT2D eigenvalue weighted by Crippen LogP contribution is -2.00. The molecular weight excluding hydrogens is 402 g/mol. The van der Waals surface area contributed by atoms with E-state index in [2.05, 4.69) is 26.8 Å². The minimum atomic E-state index is 0.467. The van der Waals surface area contributed by atoms with Crippen LogP contribution in [0.5, 0.6) is 17.2 Å². The van der Waals surface area contributed by atoms with Crippen LogP contribution in [0.25, 0.3) is 21.5 Å². The van der Waals surface area contributed by atoms with Crippen molar-refractivity contribution in [2.24, 2.45) is 0 Å². The van der Waals surface area contributed by atoms with Gasteiger partial charge in [0.2, 0.25) is 11.7 Å². The van der Waals surface area contributed by atoms with Crippen LogP contribution in [-0.4, -0.2) is 40.8 Å². The number of rotatable bonds is 7. The van der Waals surface area contributed by atoms with E-state index in [4.69, 9.17) is 14.2 Å². The van der Waals surface area contributed by atoms with Crippen LogP contribution in [0.3, 0.4) is 0 Å². The average molecular weight is 423 g/mol. The number of nitrogens with one attached hydrogen (secondary N) is 1. The number of hydrogen-bond acceptors (Lipinski definition) is 8. The molecular formula is C21H21N5O3S. The highest BCUT2D eigenvalue weighted by Gasteiger charge is 2.15. The van der Waals surface area contributed by atoms with Crippen LogP contribution in [0.4, 0.5) is 11.8 Å². The van der Waals surface area contributed by atoms with Gasteiger partial charge in [0.25, 0.3) is 0 Å². The summed E-state index contributed by atoms with van der Waals surface area (Å²) in [5.41, 5.74) is 3.40. The van der Waals surface area contributed by atoms with Gasteiger partial charge in [-0.15, -0.1) is 11.3 Å². The third-order valence-corrected chi connectivity index (χ3v) is 5.39. The summed E-state index contributed by atoms with van der Waals surface area (Å²) in [6.45, 7) is 5.96. The molecule has 8 nitrogen and oxygen atoms in total. The molecule has 1 N–H and O–H groups in total. The Hall–Kier alpha value is -3.59. The maximum atomic E-state index is 5.43. The lowest BCUT2D eigenvalue weighted by Gasteiger charge is -2.14. The van der Waals surface area contributed by atoms with Crippen LogP contribution in [0.2, 0.25) is 0 Å². The van der Waals surface area contributed by atoms with Crippen molar-refractivity contribution < 1.29 is 14.2 Å². The van der Waals surface area contributed by atoms with E-state index in [0.717, 1.165) is 27.2 Å². The van der Waals surface area contributed by atoms with Crippen LogP contribution < -0.4 is 19.5 Å². The molecule has 0 saturated heterocycles. The van der Waals surface area contributed by atoms with Gasteiger partial charge in [0.1, 0.15) is 6.33 Å². The Morgan fingerprint density at radius 1 is 1.10 bits per heavy atom. The van der Waals surface area contributed by atoms with E-state index in [1.54, 1.807) is 39.0 Å². The summed E-state index contributed by atoms with van der Waals surface area (Å²) < 4.78 is 19.1. The van der Waals surface area contributed by atoms with Crippen molar-refractivity contribution in [3.8, 4) is 22.9 Å². The first-order valence-corrected chi connectivity index (χ1v) is 9.94. The van der Waals surface area contributed by atoms with E-state index >= 15 is 0 Å². The highest BCUT2D eigenvalue weighted by molar-refractivity contribution is 7.17. The predicted octanol–water partition coefficient (Wildman–Crippen LogP) is 4.68. The lowest BCUT2D eigenvalue weighted by atomic mass is 10.2. The van der Waals surface area contributed by atoms with Gasteiger partial charge in [0.05, 0.1) is 49.1 Å². The van der Waals surface area contributed by atoms with E-state index in [1.807, 2.05) is 41.3 Å². The zero-order chi connectivity index (χ0) is 21.3. The van der Waals surface area contributed by atoms with Crippen molar-refractivity contribution in [2.45, 2.75) is 6.92 Å². The second-order valence-corrected chi connectivity index (χ2v) is 7.40. The molecule has 0 aliphatic rings. The molecule has 3 aromatic heterocycles. The number of methoxy groups -OCH3 is 3. The third-order valence-electron chi connectivity index (χ3n) is 4.48. The monoisotopic (exact) mass is 423 g/mol. The SMILES string of the molecule is C=C(C)c1nc(Nc2cn(-c3cc(OC)c(OC)c(OC)c3)cn2)nc2ccsc12. The number of thiophene rings is 1. The van der Waals surface area contributed by atoms with Gasteiger partial charge in [-0.05, 0) is 23.9 Å². The third kappa shape index (κ3) is 3.55. The number of hydrogen-bond donors (Lipinski definition) is 1. The number of aromatic nitrogens is 4. The lowest BCUT2D eigenvalue weighted by molar-refractivity contribution is 0.324. The molecule has 9 heteroatoms. The van der Waals surface area contributed by atoms with Crippen LogP contribution in [0, 0.1) is 0 Å². The zero-order valence-corrected chi connectivity index (χ0v) is 17.9. The van der Waals surface area contributed by atoms with Gasteiger partial charge in [0.15, 0.2) is 17.3 Å². The quantitative estimate of drug-likeness (QED) is 0.462. The fraction of sp³-hybridized carbons (Fsp3) is 0.190. The van der Waals surface area contributed by atoms with Gasteiger partial charge in [-0.1, -0.05) is 6.58 Å². The molecule has 0 fully saturated rings. The standard InChI is InChI=1S/C21H21N5O3S/c1-12(2)18-20-14(6-7-30-20)23-21(25-18)24-17-10-26(11-22-17)13-8-15(27-3)19(29-5)16(9-13)28-4/h6-11H,1H2,2-5H3,(H,23,24,25). The molecule has 0 unspecified atom stereocenters. The first-order valence-electron chi connectivity index (χ1n) is 9.06. The first-order chi connectivity index (χ1) is 14.5. The number of imidazole rings is 1. The molecule has 0 saturated carbocycles. The Balaban J connectivity index is 1.67. The van der Waals surface area contributed by atoms with Gasteiger partial charge in [-0.25, -0.2) is 15.0 Å². The Morgan fingerprint density at radius 2 is 1.83 bits per heavy atom. The minimum Gasteiger partial charge on any atom is -0.493 e. The van der Waals surface area contributed by atoms with Crippen molar-refractivity contribution in [1.29, 1.82) is 0 Å². The number of allylic oxidation sites excluding steroid dienone is 1. The molecule has 0 atom stereocenters. The van der Waals surface area contributed by atoms with Gasteiger partial charge in [0, 0.05) is 12.1 Å². The Kier molecular flexibility index (Phi) is 5.28. The van der Waals surface area contributed by atoms with Crippen molar-refractivity contribution in [1.82, 2.24) is 19.5 Å². The number of ether oxygens (including phenoxy) is 3. The summed E-state index contributed by atoms with van der Waals surface area (Å²) >= 11 is 1.60. The number of anilines is 2. The van der Waals surface area contributed by atoms with Crippen LogP contribution in [0.15, 0.2) is 42.7 Å². The molecule has 0 aliphatic carbocycles. The van der Waals surface area contributed by atoms with Gasteiger partial charge >= 0.3 is 0 Å². The maximum absolute atomic E-state index is 5.43. The fourth-order valence-corrected chi connectivity index (χ4v) is 3.97. The molecule has 0 amide bonds. The Labute approximate surface area is 177 Å². The van der Waals surface area contributed by atoms with E-state index in [-0.39, 0.29) is 0 Å². The van der Waals surface area contributed by atoms with Crippen LogP contribution >= 0.6 is 11.3 Å². The topological polar surface area (TPSA) is 83.3 Å². The molecule has 3 heterocycles. The smallest absolute Gasteiger partial charge is 0.229 e. The molecule has 0 bridgehead atoms. The van der Waals surface area contributed by atoms with Gasteiger partial charge < -0.3 is 24.1 Å². The largest absolute Gasteiger partial charge is 0.493 e. The normalized spacial score (nSPS) is 10.8. The average Bonchev–Trinajstić information content (AvgIpc) is 3.41. The first kappa shape index (κ1) is 19.7. The van der Waals surface area contributed by atoms with Gasteiger partial charge in [-0.2, -0.15) is 0 Å². The summed E-state index contributed by atoms with van der Waals surface area (Å²) in [5.74, 6) is 2.73. The minimum absolute atomic E-state index is 0.467. The Morgan fingerprint density at radius 3 is 2.47 bits per heavy atom. The highest BCUT2D eigenvalue weighted by atomic mass is 32.1. The van der Waals surface area contributed by atoms with E-state index < -0.39 is 0 Å². The number of fused-ring (bicyclic) bond motifs is 1. The van der Waals surface area contributed by atoms with E-state index in [9.17, 15) is 0 Å². The van der Waals surface area contributed by atoms with Crippen LogP contribution in [0.1, 0.15) is 12.6 Å². The molecule has 1 aromatic carbocycles. The van der Waals surface area contributed by atoms with E-state index in [1.165, 1.54) is 0 Å². The van der Waals surface area contributed by atoms with Crippen molar-refractivity contribution >= 4 is 38.9 Å². The second-order valence-electron chi connectivity index (χ2n) is 6.49. The fourth-order valence-electron chi connectivity index (χ4n) is 3.07. The Bertz CT molecular complexity index is 1210. The van der Waals surface area contributed by atoms with Crippen molar-refractivity contribution in [2.75, 3.05) is 26.6 Å². The summed E-state index contributed by atoms with van der Waals surface area (Å²) in [6.07, 6.45) is 3.52. The molecule has 4 rings (SSSR count). The molecule has 4 aromatic rings. The molecule has 0 aliphatic heterocycles. The summed E-state index contributed by atoms with van der Waals surface area (Å²) in [4.78, 5) is 13.6. The highest BCUT2D eigenvalue weighted by Crippen LogP contribution is 2.39. The summed E-state index contributed by atoms with van der Waals surface area (Å²) in [6, 6.07) is 5.66. The number of nitrogens with zero attached hydrogens (tertiary/aromatic N) is 4. The second kappa shape index (κ2) is 8.03. The molecule has 30 heavy (non-hydrogen) atoms. The van der Waals surface area contributed by atoms with Crippen molar-refractivity contribution in [3.63, 3.8) is 0 Å². The zero-order valence-electron chi connectivity index (χ0n) is 17.1. The maximum Gasteiger partial charge on any atom is 0.229 e. The summed E-state index contributed by atoms with van der Waals surface area (Å²) in [5, 5.41) is 5.17. The predicted molar refractivity (Wildman–Crippen MR) is 119 cm³/mol. The van der Waals surface area contributed by atoms with Crippen molar-refractivity contribution in [3.05, 3.63) is 48.4 Å².